The molecule has 0 aliphatic heterocycles. The molecule has 29 heavy (non-hydrogen) atoms. The summed E-state index contributed by atoms with van der Waals surface area (Å²) in [5, 5.41) is 11.6. The Morgan fingerprint density at radius 1 is 1.07 bits per heavy atom. The zero-order chi connectivity index (χ0) is 21.6. The highest BCUT2D eigenvalue weighted by atomic mass is 32.2. The Bertz CT molecular complexity index is 1000. The number of carboxylic acid groups (broad SMARTS) is 1. The molecular weight excluding hydrogens is 402 g/mol. The maximum Gasteiger partial charge on any atom is 0.322 e. The molecule has 0 bridgehead atoms. The first-order chi connectivity index (χ1) is 13.6. The third-order valence-corrected chi connectivity index (χ3v) is 5.26. The van der Waals surface area contributed by atoms with Gasteiger partial charge in [0, 0.05) is 11.3 Å². The maximum atomic E-state index is 12.3. The van der Waals surface area contributed by atoms with Crippen LogP contribution in [0.5, 0.6) is 5.75 Å². The third kappa shape index (κ3) is 6.02. The van der Waals surface area contributed by atoms with Gasteiger partial charge in [0.15, 0.2) is 0 Å². The van der Waals surface area contributed by atoms with E-state index in [2.05, 4.69) is 5.32 Å². The van der Waals surface area contributed by atoms with E-state index < -0.39 is 40.3 Å². The fourth-order valence-electron chi connectivity index (χ4n) is 2.30. The number of aliphatic carboxylic acids is 1. The van der Waals surface area contributed by atoms with Crippen LogP contribution in [-0.4, -0.2) is 44.5 Å². The molecule has 0 saturated carbocycles. The van der Waals surface area contributed by atoms with Crippen LogP contribution in [0.25, 0.3) is 0 Å². The molecule has 0 aliphatic rings. The number of carbonyl (C=O) groups is 3. The molecule has 0 saturated heterocycles. The molecule has 0 fully saturated rings. The third-order valence-electron chi connectivity index (χ3n) is 3.78. The number of hydrogen-bond acceptors (Lipinski definition) is 6. The number of rotatable bonds is 9. The second-order valence-corrected chi connectivity index (χ2v) is 7.60. The molecule has 11 heteroatoms. The molecular formula is C18H19N3O7S. The minimum Gasteiger partial charge on any atom is -0.497 e. The van der Waals surface area contributed by atoms with Gasteiger partial charge in [-0.2, -0.15) is 4.72 Å². The smallest absolute Gasteiger partial charge is 0.322 e. The number of sulfonamides is 1. The second-order valence-electron chi connectivity index (χ2n) is 5.89. The number of methoxy groups -OCH3 is 1. The van der Waals surface area contributed by atoms with Crippen molar-refractivity contribution in [2.75, 3.05) is 12.4 Å². The quantitative estimate of drug-likeness (QED) is 0.459. The number of ether oxygens (including phenoxy) is 1. The highest BCUT2D eigenvalue weighted by Gasteiger charge is 2.27. The van der Waals surface area contributed by atoms with Gasteiger partial charge >= 0.3 is 5.97 Å². The predicted molar refractivity (Wildman–Crippen MR) is 103 cm³/mol. The lowest BCUT2D eigenvalue weighted by Gasteiger charge is -2.13. The molecule has 2 rings (SSSR count). The first kappa shape index (κ1) is 21.9. The van der Waals surface area contributed by atoms with Crippen molar-refractivity contribution in [3.63, 3.8) is 0 Å². The van der Waals surface area contributed by atoms with Crippen molar-refractivity contribution >= 4 is 33.5 Å². The molecule has 1 atom stereocenters. The van der Waals surface area contributed by atoms with Crippen LogP contribution in [0.15, 0.2) is 53.4 Å². The lowest BCUT2D eigenvalue weighted by atomic mass is 10.2. The number of benzene rings is 2. The number of nitrogens with two attached hydrogens (primary N) is 1. The Balaban J connectivity index is 2.10. The summed E-state index contributed by atoms with van der Waals surface area (Å²) in [5.41, 5.74) is 5.64. The van der Waals surface area contributed by atoms with Crippen molar-refractivity contribution in [2.24, 2.45) is 5.73 Å². The largest absolute Gasteiger partial charge is 0.497 e. The van der Waals surface area contributed by atoms with Crippen LogP contribution in [0.3, 0.4) is 0 Å². The Kier molecular flexibility index (Phi) is 6.91. The van der Waals surface area contributed by atoms with Crippen LogP contribution in [0.4, 0.5) is 5.69 Å². The van der Waals surface area contributed by atoms with E-state index in [0.29, 0.717) is 17.0 Å². The highest BCUT2D eigenvalue weighted by molar-refractivity contribution is 7.89. The summed E-state index contributed by atoms with van der Waals surface area (Å²) < 4.78 is 31.6. The molecule has 2 amide bonds. The number of amides is 2. The van der Waals surface area contributed by atoms with Gasteiger partial charge in [-0.05, 0) is 48.5 Å². The molecule has 5 N–H and O–H groups in total. The Morgan fingerprint density at radius 3 is 2.14 bits per heavy atom. The van der Waals surface area contributed by atoms with Crippen LogP contribution < -0.4 is 20.5 Å². The van der Waals surface area contributed by atoms with E-state index >= 15 is 0 Å². The van der Waals surface area contributed by atoms with Crippen molar-refractivity contribution in [3.05, 3.63) is 54.1 Å². The first-order valence-corrected chi connectivity index (χ1v) is 9.69. The van der Waals surface area contributed by atoms with Crippen molar-refractivity contribution in [1.82, 2.24) is 4.72 Å². The molecule has 0 heterocycles. The maximum absolute atomic E-state index is 12.3. The van der Waals surface area contributed by atoms with E-state index in [1.807, 2.05) is 4.72 Å². The number of primary amides is 1. The van der Waals surface area contributed by atoms with Gasteiger partial charge in [0.2, 0.25) is 15.9 Å². The number of nitrogens with one attached hydrogen (secondary N) is 2. The van der Waals surface area contributed by atoms with Gasteiger partial charge in [-0.1, -0.05) is 0 Å². The van der Waals surface area contributed by atoms with Crippen LogP contribution >= 0.6 is 0 Å². The summed E-state index contributed by atoms with van der Waals surface area (Å²) in [6.45, 7) is 0. The van der Waals surface area contributed by atoms with E-state index in [0.717, 1.165) is 0 Å². The normalized spacial score (nSPS) is 12.0. The highest BCUT2D eigenvalue weighted by Crippen LogP contribution is 2.17. The van der Waals surface area contributed by atoms with E-state index in [-0.39, 0.29) is 4.90 Å². The zero-order valence-electron chi connectivity index (χ0n) is 15.3. The van der Waals surface area contributed by atoms with Gasteiger partial charge in [0.25, 0.3) is 5.91 Å². The van der Waals surface area contributed by atoms with Crippen molar-refractivity contribution in [2.45, 2.75) is 17.4 Å². The average Bonchev–Trinajstić information content (AvgIpc) is 2.67. The van der Waals surface area contributed by atoms with Crippen molar-refractivity contribution in [1.29, 1.82) is 0 Å². The van der Waals surface area contributed by atoms with Crippen LogP contribution in [0.1, 0.15) is 16.8 Å². The van der Waals surface area contributed by atoms with E-state index in [1.54, 1.807) is 24.3 Å². The number of hydrogen-bond donors (Lipinski definition) is 4. The summed E-state index contributed by atoms with van der Waals surface area (Å²) in [5.74, 6) is -2.30. The van der Waals surface area contributed by atoms with Crippen molar-refractivity contribution in [3.8, 4) is 5.75 Å². The SMILES string of the molecule is COc1ccc(C(=O)Nc2ccc(S(=O)(=O)N[C@H](CC(N)=O)C(=O)O)cc2)cc1. The Hall–Kier alpha value is -3.44. The van der Waals surface area contributed by atoms with Gasteiger partial charge in [-0.15, -0.1) is 0 Å². The minimum absolute atomic E-state index is 0.240. The summed E-state index contributed by atoms with van der Waals surface area (Å²) >= 11 is 0. The Morgan fingerprint density at radius 2 is 1.66 bits per heavy atom. The van der Waals surface area contributed by atoms with Crippen LogP contribution in [0, 0.1) is 0 Å². The summed E-state index contributed by atoms with van der Waals surface area (Å²) in [7, 11) is -2.71. The molecule has 0 aliphatic carbocycles. The summed E-state index contributed by atoms with van der Waals surface area (Å²) in [6.07, 6.45) is -0.690. The van der Waals surface area contributed by atoms with E-state index in [1.165, 1.54) is 31.4 Å². The lowest BCUT2D eigenvalue weighted by molar-refractivity contribution is -0.140. The number of carbonyl (C=O) groups excluding carboxylic acids is 2. The fraction of sp³-hybridized carbons (Fsp3) is 0.167. The lowest BCUT2D eigenvalue weighted by Crippen LogP contribution is -2.43. The summed E-state index contributed by atoms with van der Waals surface area (Å²) in [4.78, 5) is 34.0. The number of carboxylic acids is 1. The first-order valence-electron chi connectivity index (χ1n) is 8.21. The second kappa shape index (κ2) is 9.17. The van der Waals surface area contributed by atoms with Gasteiger partial charge in [-0.3, -0.25) is 14.4 Å². The predicted octanol–water partition coefficient (Wildman–Crippen LogP) is 0.554. The summed E-state index contributed by atoms with van der Waals surface area (Å²) in [6, 6.07) is 9.78. The van der Waals surface area contributed by atoms with Crippen molar-refractivity contribution < 1.29 is 32.6 Å². The molecule has 10 nitrogen and oxygen atoms in total. The van der Waals surface area contributed by atoms with Gasteiger partial charge in [-0.25, -0.2) is 8.42 Å². The average molecular weight is 421 g/mol. The number of anilines is 1. The zero-order valence-corrected chi connectivity index (χ0v) is 16.1. The van der Waals surface area contributed by atoms with Gasteiger partial charge in [0.1, 0.15) is 11.8 Å². The standard InChI is InChI=1S/C18H19N3O7S/c1-28-13-6-2-11(3-7-13)17(23)20-12-4-8-14(9-5-12)29(26,27)21-15(18(24)25)10-16(19)22/h2-9,15,21H,10H2,1H3,(H2,19,22)(H,20,23)(H,24,25)/t15-/m1/s1. The molecule has 0 spiro atoms. The van der Waals surface area contributed by atoms with Gasteiger partial charge in [0.05, 0.1) is 18.4 Å². The molecule has 0 radical (unpaired) electrons. The molecule has 2 aromatic rings. The van der Waals surface area contributed by atoms with E-state index in [9.17, 15) is 22.8 Å². The Labute approximate surface area is 166 Å². The molecule has 2 aromatic carbocycles. The van der Waals surface area contributed by atoms with E-state index in [4.69, 9.17) is 15.6 Å². The molecule has 0 aromatic heterocycles. The van der Waals surface area contributed by atoms with Gasteiger partial charge < -0.3 is 20.9 Å². The monoisotopic (exact) mass is 421 g/mol. The fourth-order valence-corrected chi connectivity index (χ4v) is 3.49. The molecule has 154 valence electrons. The van der Waals surface area contributed by atoms with Crippen LogP contribution in [0.2, 0.25) is 0 Å². The van der Waals surface area contributed by atoms with Crippen LogP contribution in [-0.2, 0) is 19.6 Å². The topological polar surface area (TPSA) is 165 Å². The molecule has 0 unspecified atom stereocenters. The minimum atomic E-state index is -4.22.